The second kappa shape index (κ2) is 10.2. The van der Waals surface area contributed by atoms with Crippen LogP contribution < -0.4 is 5.32 Å². The monoisotopic (exact) mass is 482 g/mol. The summed E-state index contributed by atoms with van der Waals surface area (Å²) in [6.45, 7) is 2.10. The minimum atomic E-state index is -0.121. The summed E-state index contributed by atoms with van der Waals surface area (Å²) in [6, 6.07) is 22.7. The fourth-order valence-electron chi connectivity index (χ4n) is 3.15. The highest BCUT2D eigenvalue weighted by molar-refractivity contribution is 7.99. The molecule has 0 saturated heterocycles. The molecule has 1 amide bonds. The van der Waals surface area contributed by atoms with Crippen LogP contribution in [0.15, 0.2) is 78.0 Å². The Morgan fingerprint density at radius 2 is 1.69 bits per heavy atom. The smallest absolute Gasteiger partial charge is 0.234 e. The summed E-state index contributed by atoms with van der Waals surface area (Å²) < 4.78 is 1.88. The molecule has 8 heteroatoms. The van der Waals surface area contributed by atoms with Gasteiger partial charge >= 0.3 is 0 Å². The van der Waals surface area contributed by atoms with Crippen LogP contribution in [0.2, 0.25) is 10.0 Å². The zero-order chi connectivity index (χ0) is 22.5. The van der Waals surface area contributed by atoms with Crippen molar-refractivity contribution in [2.75, 3.05) is 11.1 Å². The van der Waals surface area contributed by atoms with Gasteiger partial charge in [0.25, 0.3) is 0 Å². The third-order valence-electron chi connectivity index (χ3n) is 4.81. The molecule has 1 aromatic heterocycles. The van der Waals surface area contributed by atoms with Crippen LogP contribution in [0.25, 0.3) is 17.1 Å². The van der Waals surface area contributed by atoms with E-state index in [0.29, 0.717) is 21.0 Å². The number of aryl methyl sites for hydroxylation is 1. The van der Waals surface area contributed by atoms with Crippen molar-refractivity contribution in [2.45, 2.75) is 18.5 Å². The van der Waals surface area contributed by atoms with Crippen molar-refractivity contribution in [1.29, 1.82) is 0 Å². The van der Waals surface area contributed by atoms with E-state index in [1.54, 1.807) is 12.1 Å². The highest BCUT2D eigenvalue weighted by Crippen LogP contribution is 2.32. The number of aromatic nitrogens is 3. The van der Waals surface area contributed by atoms with Crippen LogP contribution in [-0.2, 0) is 11.2 Å². The fraction of sp³-hybridized carbons (Fsp3) is 0.125. The molecule has 4 aromatic rings. The lowest BCUT2D eigenvalue weighted by Gasteiger charge is -2.11. The lowest BCUT2D eigenvalue weighted by molar-refractivity contribution is -0.113. The third kappa shape index (κ3) is 5.15. The van der Waals surface area contributed by atoms with E-state index in [9.17, 15) is 4.79 Å². The summed E-state index contributed by atoms with van der Waals surface area (Å²) in [6.07, 6.45) is 0.957. The van der Waals surface area contributed by atoms with Gasteiger partial charge in [0.15, 0.2) is 11.0 Å². The van der Waals surface area contributed by atoms with Crippen LogP contribution >= 0.6 is 35.0 Å². The molecule has 0 saturated carbocycles. The van der Waals surface area contributed by atoms with Crippen LogP contribution in [0.5, 0.6) is 0 Å². The first-order valence-electron chi connectivity index (χ1n) is 10.0. The first-order chi connectivity index (χ1) is 15.5. The molecule has 0 radical (unpaired) electrons. The molecule has 0 aliphatic heterocycles. The minimum absolute atomic E-state index is 0.121. The van der Waals surface area contributed by atoms with Crippen molar-refractivity contribution in [3.63, 3.8) is 0 Å². The fourth-order valence-corrected chi connectivity index (χ4v) is 4.25. The maximum Gasteiger partial charge on any atom is 0.234 e. The number of carbonyl (C=O) groups excluding carboxylic acids is 1. The molecule has 0 aliphatic carbocycles. The molecule has 0 fully saturated rings. The lowest BCUT2D eigenvalue weighted by Crippen LogP contribution is -2.14. The van der Waals surface area contributed by atoms with E-state index in [-0.39, 0.29) is 11.7 Å². The summed E-state index contributed by atoms with van der Waals surface area (Å²) in [4.78, 5) is 12.5. The van der Waals surface area contributed by atoms with E-state index < -0.39 is 0 Å². The molecule has 1 N–H and O–H groups in total. The molecular formula is C24H20Cl2N4OS. The molecular weight excluding hydrogens is 463 g/mol. The highest BCUT2D eigenvalue weighted by atomic mass is 35.5. The molecule has 1 heterocycles. The Hall–Kier alpha value is -2.80. The van der Waals surface area contributed by atoms with Gasteiger partial charge in [-0.05, 0) is 60.5 Å². The second-order valence-electron chi connectivity index (χ2n) is 6.99. The van der Waals surface area contributed by atoms with Gasteiger partial charge in [-0.15, -0.1) is 10.2 Å². The zero-order valence-corrected chi connectivity index (χ0v) is 19.6. The van der Waals surface area contributed by atoms with Gasteiger partial charge in [-0.1, -0.05) is 66.2 Å². The molecule has 0 bridgehead atoms. The number of nitrogens with zero attached hydrogens (tertiary/aromatic N) is 3. The van der Waals surface area contributed by atoms with E-state index >= 15 is 0 Å². The number of benzene rings is 3. The summed E-state index contributed by atoms with van der Waals surface area (Å²) in [5.74, 6) is 0.657. The van der Waals surface area contributed by atoms with E-state index in [2.05, 4.69) is 22.4 Å². The van der Waals surface area contributed by atoms with Crippen LogP contribution in [0.3, 0.4) is 0 Å². The molecule has 32 heavy (non-hydrogen) atoms. The van der Waals surface area contributed by atoms with Crippen molar-refractivity contribution in [3.8, 4) is 17.1 Å². The first kappa shape index (κ1) is 22.4. The number of thioether (sulfide) groups is 1. The first-order valence-corrected chi connectivity index (χ1v) is 11.8. The van der Waals surface area contributed by atoms with Crippen LogP contribution in [0, 0.1) is 0 Å². The van der Waals surface area contributed by atoms with Crippen molar-refractivity contribution < 1.29 is 4.79 Å². The highest BCUT2D eigenvalue weighted by Gasteiger charge is 2.19. The van der Waals surface area contributed by atoms with Gasteiger partial charge in [0, 0.05) is 22.0 Å². The molecule has 0 aliphatic rings. The van der Waals surface area contributed by atoms with E-state index in [1.807, 2.05) is 65.2 Å². The Morgan fingerprint density at radius 3 is 2.38 bits per heavy atom. The largest absolute Gasteiger partial charge is 0.325 e. The van der Waals surface area contributed by atoms with Crippen molar-refractivity contribution >= 4 is 46.6 Å². The van der Waals surface area contributed by atoms with E-state index in [0.717, 1.165) is 23.4 Å². The predicted octanol–water partition coefficient (Wildman–Crippen LogP) is 6.53. The number of nitrogens with one attached hydrogen (secondary N) is 1. The number of anilines is 1. The summed E-state index contributed by atoms with van der Waals surface area (Å²) in [7, 11) is 0. The lowest BCUT2D eigenvalue weighted by atomic mass is 10.1. The van der Waals surface area contributed by atoms with Crippen molar-refractivity contribution in [2.24, 2.45) is 0 Å². The minimum Gasteiger partial charge on any atom is -0.325 e. The Bertz CT molecular complexity index is 1220. The maximum absolute atomic E-state index is 12.5. The maximum atomic E-state index is 12.5. The molecule has 4 rings (SSSR count). The van der Waals surface area contributed by atoms with E-state index in [4.69, 9.17) is 23.2 Å². The summed E-state index contributed by atoms with van der Waals surface area (Å²) in [5, 5.41) is 13.4. The quantitative estimate of drug-likeness (QED) is 0.304. The second-order valence-corrected chi connectivity index (χ2v) is 8.77. The van der Waals surface area contributed by atoms with Crippen molar-refractivity contribution in [3.05, 3.63) is 88.4 Å². The van der Waals surface area contributed by atoms with Gasteiger partial charge in [-0.3, -0.25) is 9.36 Å². The number of hydrogen-bond acceptors (Lipinski definition) is 4. The van der Waals surface area contributed by atoms with Crippen LogP contribution in [0.1, 0.15) is 12.5 Å². The molecule has 0 spiro atoms. The van der Waals surface area contributed by atoms with E-state index in [1.165, 1.54) is 17.3 Å². The van der Waals surface area contributed by atoms with Gasteiger partial charge in [-0.25, -0.2) is 0 Å². The Labute approximate surface area is 200 Å². The molecule has 0 atom stereocenters. The van der Waals surface area contributed by atoms with Crippen molar-refractivity contribution in [1.82, 2.24) is 14.8 Å². The van der Waals surface area contributed by atoms with Gasteiger partial charge in [0.05, 0.1) is 10.8 Å². The van der Waals surface area contributed by atoms with Crippen LogP contribution in [0.4, 0.5) is 5.69 Å². The van der Waals surface area contributed by atoms with Gasteiger partial charge in [-0.2, -0.15) is 0 Å². The van der Waals surface area contributed by atoms with Gasteiger partial charge in [0.2, 0.25) is 5.91 Å². The normalized spacial score (nSPS) is 10.8. The topological polar surface area (TPSA) is 59.8 Å². The number of hydrogen-bond donors (Lipinski definition) is 1. The molecule has 0 unspecified atom stereocenters. The Balaban J connectivity index is 1.58. The molecule has 5 nitrogen and oxygen atoms in total. The summed E-state index contributed by atoms with van der Waals surface area (Å²) >= 11 is 13.8. The van der Waals surface area contributed by atoms with Crippen LogP contribution in [-0.4, -0.2) is 26.4 Å². The van der Waals surface area contributed by atoms with Gasteiger partial charge in [0.1, 0.15) is 0 Å². The summed E-state index contributed by atoms with van der Waals surface area (Å²) in [5.41, 5.74) is 3.57. The average Bonchev–Trinajstić information content (AvgIpc) is 3.23. The molecule has 162 valence electrons. The number of rotatable bonds is 7. The average molecular weight is 483 g/mol. The zero-order valence-electron chi connectivity index (χ0n) is 17.3. The molecule has 3 aromatic carbocycles. The van der Waals surface area contributed by atoms with Gasteiger partial charge < -0.3 is 5.32 Å². The Kier molecular flexibility index (Phi) is 7.15. The predicted molar refractivity (Wildman–Crippen MR) is 132 cm³/mol. The standard InChI is InChI=1S/C24H20Cl2N4OS/c1-2-16-7-11-18(12-8-16)27-22(31)15-32-24-29-28-23(20-5-3-4-6-21(20)26)30(24)19-13-9-17(25)10-14-19/h3-14H,2,15H2,1H3,(H,27,31). The number of carbonyl (C=O) groups is 1. The SMILES string of the molecule is CCc1ccc(NC(=O)CSc2nnc(-c3ccccc3Cl)n2-c2ccc(Cl)cc2)cc1. The number of amides is 1. The third-order valence-corrected chi connectivity index (χ3v) is 6.32. The Morgan fingerprint density at radius 1 is 0.969 bits per heavy atom. The number of halogens is 2.